The molecule has 0 atom stereocenters. The highest BCUT2D eigenvalue weighted by Gasteiger charge is 2.23. The number of methoxy groups -OCH3 is 1. The Bertz CT molecular complexity index is 1270. The SMILES string of the molecule is COc1ccc(-c2nc(N3CCCNCC3)nc3nn(Cc4ccccc4)c(N)c23)c(F)c1. The van der Waals surface area contributed by atoms with E-state index in [1.165, 1.54) is 13.2 Å². The number of aromatic nitrogens is 4. The fourth-order valence-electron chi connectivity index (χ4n) is 4.12. The molecule has 9 heteroatoms. The number of hydrogen-bond acceptors (Lipinski definition) is 7. The zero-order valence-corrected chi connectivity index (χ0v) is 18.5. The summed E-state index contributed by atoms with van der Waals surface area (Å²) >= 11 is 0. The van der Waals surface area contributed by atoms with Gasteiger partial charge in [0.05, 0.1) is 24.7 Å². The Hall–Kier alpha value is -3.72. The minimum absolute atomic E-state index is 0.336. The van der Waals surface area contributed by atoms with Gasteiger partial charge in [-0.1, -0.05) is 30.3 Å². The van der Waals surface area contributed by atoms with E-state index in [2.05, 4.69) is 15.3 Å². The largest absolute Gasteiger partial charge is 0.497 e. The van der Waals surface area contributed by atoms with Gasteiger partial charge in [0.25, 0.3) is 0 Å². The van der Waals surface area contributed by atoms with Crippen molar-refractivity contribution in [2.75, 3.05) is 43.9 Å². The van der Waals surface area contributed by atoms with Crippen LogP contribution in [0.2, 0.25) is 0 Å². The number of nitrogens with one attached hydrogen (secondary N) is 1. The molecule has 3 heterocycles. The van der Waals surface area contributed by atoms with Crippen LogP contribution in [0.15, 0.2) is 48.5 Å². The summed E-state index contributed by atoms with van der Waals surface area (Å²) in [5.41, 5.74) is 8.82. The van der Waals surface area contributed by atoms with Crippen LogP contribution in [0.5, 0.6) is 5.75 Å². The maximum atomic E-state index is 15.1. The van der Waals surface area contributed by atoms with Crippen LogP contribution in [0.3, 0.4) is 0 Å². The minimum Gasteiger partial charge on any atom is -0.497 e. The number of fused-ring (bicyclic) bond motifs is 1. The van der Waals surface area contributed by atoms with E-state index in [4.69, 9.17) is 20.4 Å². The van der Waals surface area contributed by atoms with Crippen molar-refractivity contribution in [3.05, 3.63) is 59.9 Å². The van der Waals surface area contributed by atoms with Gasteiger partial charge in [0.1, 0.15) is 17.4 Å². The van der Waals surface area contributed by atoms with Crippen LogP contribution in [0.1, 0.15) is 12.0 Å². The fourth-order valence-corrected chi connectivity index (χ4v) is 4.12. The van der Waals surface area contributed by atoms with Crippen molar-refractivity contribution in [1.29, 1.82) is 0 Å². The Labute approximate surface area is 191 Å². The van der Waals surface area contributed by atoms with Crippen LogP contribution in [-0.4, -0.2) is 53.0 Å². The van der Waals surface area contributed by atoms with Crippen LogP contribution in [0.25, 0.3) is 22.3 Å². The number of nitrogens with zero attached hydrogens (tertiary/aromatic N) is 5. The molecular formula is C24H26FN7O. The molecule has 1 aliphatic heterocycles. The van der Waals surface area contributed by atoms with E-state index < -0.39 is 5.82 Å². The lowest BCUT2D eigenvalue weighted by atomic mass is 10.1. The summed E-state index contributed by atoms with van der Waals surface area (Å²) in [4.78, 5) is 11.7. The summed E-state index contributed by atoms with van der Waals surface area (Å²) in [7, 11) is 1.51. The molecule has 0 aliphatic carbocycles. The van der Waals surface area contributed by atoms with Crippen molar-refractivity contribution >= 4 is 22.8 Å². The molecule has 4 aromatic rings. The number of nitrogen functional groups attached to an aromatic ring is 1. The second-order valence-electron chi connectivity index (χ2n) is 8.04. The second kappa shape index (κ2) is 9.03. The molecule has 0 bridgehead atoms. The van der Waals surface area contributed by atoms with E-state index in [-0.39, 0.29) is 0 Å². The van der Waals surface area contributed by atoms with Crippen molar-refractivity contribution in [3.63, 3.8) is 0 Å². The molecule has 170 valence electrons. The third-order valence-electron chi connectivity index (χ3n) is 5.86. The van der Waals surface area contributed by atoms with Crippen molar-refractivity contribution in [2.24, 2.45) is 0 Å². The topological polar surface area (TPSA) is 94.1 Å². The minimum atomic E-state index is -0.437. The number of rotatable bonds is 5. The lowest BCUT2D eigenvalue weighted by molar-refractivity contribution is 0.411. The van der Waals surface area contributed by atoms with Crippen molar-refractivity contribution < 1.29 is 9.13 Å². The molecule has 1 saturated heterocycles. The average molecular weight is 448 g/mol. The molecule has 0 amide bonds. The first-order valence-corrected chi connectivity index (χ1v) is 11.0. The fraction of sp³-hybridized carbons (Fsp3) is 0.292. The van der Waals surface area contributed by atoms with Gasteiger partial charge in [0.15, 0.2) is 5.65 Å². The Kier molecular flexibility index (Phi) is 5.78. The first-order valence-electron chi connectivity index (χ1n) is 11.0. The van der Waals surface area contributed by atoms with Gasteiger partial charge in [-0.05, 0) is 30.7 Å². The number of nitrogens with two attached hydrogens (primary N) is 1. The number of benzene rings is 2. The predicted octanol–water partition coefficient (Wildman–Crippen LogP) is 3.07. The van der Waals surface area contributed by atoms with E-state index in [1.54, 1.807) is 16.8 Å². The predicted molar refractivity (Wildman–Crippen MR) is 127 cm³/mol. The molecular weight excluding hydrogens is 421 g/mol. The molecule has 0 radical (unpaired) electrons. The summed E-state index contributed by atoms with van der Waals surface area (Å²) in [6.07, 6.45) is 0.970. The van der Waals surface area contributed by atoms with Gasteiger partial charge < -0.3 is 20.7 Å². The van der Waals surface area contributed by atoms with Crippen LogP contribution in [0, 0.1) is 5.82 Å². The highest BCUT2D eigenvalue weighted by atomic mass is 19.1. The van der Waals surface area contributed by atoms with Crippen LogP contribution in [0.4, 0.5) is 16.2 Å². The van der Waals surface area contributed by atoms with Crippen molar-refractivity contribution in [2.45, 2.75) is 13.0 Å². The molecule has 5 rings (SSSR count). The van der Waals surface area contributed by atoms with E-state index in [0.717, 1.165) is 38.2 Å². The zero-order valence-electron chi connectivity index (χ0n) is 18.5. The summed E-state index contributed by atoms with van der Waals surface area (Å²) in [5, 5.41) is 8.62. The second-order valence-corrected chi connectivity index (χ2v) is 8.04. The number of anilines is 2. The zero-order chi connectivity index (χ0) is 22.8. The quantitative estimate of drug-likeness (QED) is 0.486. The van der Waals surface area contributed by atoms with Crippen LogP contribution in [-0.2, 0) is 6.54 Å². The lowest BCUT2D eigenvalue weighted by Crippen LogP contribution is -2.29. The first kappa shape index (κ1) is 21.1. The third kappa shape index (κ3) is 4.19. The third-order valence-corrected chi connectivity index (χ3v) is 5.86. The molecule has 0 saturated carbocycles. The van der Waals surface area contributed by atoms with E-state index >= 15 is 4.39 Å². The molecule has 1 aliphatic rings. The highest BCUT2D eigenvalue weighted by Crippen LogP contribution is 2.35. The van der Waals surface area contributed by atoms with E-state index in [9.17, 15) is 0 Å². The Morgan fingerprint density at radius 3 is 2.73 bits per heavy atom. The first-order chi connectivity index (χ1) is 16.1. The van der Waals surface area contributed by atoms with Gasteiger partial charge in [-0.15, -0.1) is 5.10 Å². The molecule has 0 spiro atoms. The van der Waals surface area contributed by atoms with Gasteiger partial charge >= 0.3 is 0 Å². The van der Waals surface area contributed by atoms with Crippen LogP contribution < -0.4 is 20.7 Å². The molecule has 1 fully saturated rings. The summed E-state index contributed by atoms with van der Waals surface area (Å²) in [5.74, 6) is 0.935. The number of ether oxygens (including phenoxy) is 1. The molecule has 2 aromatic heterocycles. The van der Waals surface area contributed by atoms with Crippen molar-refractivity contribution in [3.8, 4) is 17.0 Å². The summed E-state index contributed by atoms with van der Waals surface area (Å²) < 4.78 is 22.0. The van der Waals surface area contributed by atoms with Gasteiger partial charge in [-0.25, -0.2) is 14.1 Å². The maximum Gasteiger partial charge on any atom is 0.228 e. The highest BCUT2D eigenvalue weighted by molar-refractivity contribution is 5.99. The van der Waals surface area contributed by atoms with Gasteiger partial charge in [0, 0.05) is 31.3 Å². The molecule has 3 N–H and O–H groups in total. The lowest BCUT2D eigenvalue weighted by Gasteiger charge is -2.20. The Balaban J connectivity index is 1.68. The molecule has 33 heavy (non-hydrogen) atoms. The van der Waals surface area contributed by atoms with Gasteiger partial charge in [-0.2, -0.15) is 4.98 Å². The van der Waals surface area contributed by atoms with Crippen LogP contribution >= 0.6 is 0 Å². The Morgan fingerprint density at radius 1 is 1.09 bits per heavy atom. The Morgan fingerprint density at radius 2 is 1.94 bits per heavy atom. The molecule has 0 unspecified atom stereocenters. The maximum absolute atomic E-state index is 15.1. The number of halogens is 1. The standard InChI is InChI=1S/C24H26FN7O/c1-33-17-8-9-18(19(25)14-17)21-20-22(26)32(15-16-6-3-2-4-7-16)30-23(20)29-24(28-21)31-12-5-10-27-11-13-31/h2-4,6-9,14,27H,5,10-13,15,26H2,1H3. The summed E-state index contributed by atoms with van der Waals surface area (Å²) in [6.45, 7) is 3.83. The number of hydrogen-bond donors (Lipinski definition) is 2. The smallest absolute Gasteiger partial charge is 0.228 e. The molecule has 8 nitrogen and oxygen atoms in total. The van der Waals surface area contributed by atoms with E-state index in [0.29, 0.717) is 46.4 Å². The monoisotopic (exact) mass is 447 g/mol. The summed E-state index contributed by atoms with van der Waals surface area (Å²) in [6, 6.07) is 14.7. The van der Waals surface area contributed by atoms with E-state index in [1.807, 2.05) is 30.3 Å². The normalized spacial score (nSPS) is 14.4. The van der Waals surface area contributed by atoms with Crippen molar-refractivity contribution in [1.82, 2.24) is 25.1 Å². The van der Waals surface area contributed by atoms with Gasteiger partial charge in [0.2, 0.25) is 5.95 Å². The van der Waals surface area contributed by atoms with Gasteiger partial charge in [-0.3, -0.25) is 0 Å². The average Bonchev–Trinajstić information content (AvgIpc) is 3.00. The molecule has 2 aromatic carbocycles.